The maximum atomic E-state index is 9.45. The van der Waals surface area contributed by atoms with E-state index in [1.54, 1.807) is 0 Å². The van der Waals surface area contributed by atoms with Crippen molar-refractivity contribution >= 4 is 5.69 Å². The van der Waals surface area contributed by atoms with Crippen molar-refractivity contribution in [3.8, 4) is 0 Å². The summed E-state index contributed by atoms with van der Waals surface area (Å²) in [6.45, 7) is 8.46. The zero-order chi connectivity index (χ0) is 13.7. The molecule has 1 aromatic carbocycles. The highest BCUT2D eigenvalue weighted by Gasteiger charge is 2.23. The Morgan fingerprint density at radius 1 is 1.47 bits per heavy atom. The van der Waals surface area contributed by atoms with Crippen LogP contribution in [0.5, 0.6) is 0 Å². The van der Waals surface area contributed by atoms with E-state index >= 15 is 0 Å². The van der Waals surface area contributed by atoms with Crippen molar-refractivity contribution in [2.24, 2.45) is 0 Å². The molecule has 0 radical (unpaired) electrons. The molecule has 0 aliphatic carbocycles. The fraction of sp³-hybridized carbons (Fsp3) is 0.600. The van der Waals surface area contributed by atoms with Crippen LogP contribution in [-0.2, 0) is 11.3 Å². The smallest absolute Gasteiger partial charge is 0.0755 e. The van der Waals surface area contributed by atoms with Crippen LogP contribution in [-0.4, -0.2) is 44.1 Å². The van der Waals surface area contributed by atoms with E-state index in [4.69, 9.17) is 4.74 Å². The number of nitrogens with zero attached hydrogens (tertiary/aromatic N) is 1. The van der Waals surface area contributed by atoms with Gasteiger partial charge in [0.15, 0.2) is 0 Å². The summed E-state index contributed by atoms with van der Waals surface area (Å²) in [6.07, 6.45) is 0. The van der Waals surface area contributed by atoms with Crippen LogP contribution in [0.25, 0.3) is 0 Å². The van der Waals surface area contributed by atoms with E-state index in [0.717, 1.165) is 26.2 Å². The minimum absolute atomic E-state index is 0.0760. The van der Waals surface area contributed by atoms with E-state index in [9.17, 15) is 5.11 Å². The second kappa shape index (κ2) is 6.89. The number of aliphatic hydroxyl groups excluding tert-OH is 1. The Bertz CT molecular complexity index is 409. The van der Waals surface area contributed by atoms with E-state index in [1.165, 1.54) is 16.8 Å². The summed E-state index contributed by atoms with van der Waals surface area (Å²) in [5, 5.41) is 12.8. The third kappa shape index (κ3) is 3.47. The maximum Gasteiger partial charge on any atom is 0.0755 e. The summed E-state index contributed by atoms with van der Waals surface area (Å²) in [5.74, 6) is 0. The fourth-order valence-corrected chi connectivity index (χ4v) is 2.54. The van der Waals surface area contributed by atoms with Gasteiger partial charge >= 0.3 is 0 Å². The van der Waals surface area contributed by atoms with Gasteiger partial charge < -0.3 is 20.1 Å². The van der Waals surface area contributed by atoms with Gasteiger partial charge in [-0.1, -0.05) is 19.1 Å². The summed E-state index contributed by atoms with van der Waals surface area (Å²) in [4.78, 5) is 2.26. The number of rotatable bonds is 5. The first-order valence-corrected chi connectivity index (χ1v) is 7.01. The van der Waals surface area contributed by atoms with Crippen LogP contribution < -0.4 is 10.2 Å². The first-order valence-electron chi connectivity index (χ1n) is 7.01. The molecule has 0 saturated carbocycles. The molecule has 0 amide bonds. The molecule has 1 unspecified atom stereocenters. The van der Waals surface area contributed by atoms with Crippen LogP contribution >= 0.6 is 0 Å². The Balaban J connectivity index is 2.14. The average Bonchev–Trinajstić information content (AvgIpc) is 2.45. The molecule has 0 aromatic heterocycles. The Kier molecular flexibility index (Phi) is 5.19. The summed E-state index contributed by atoms with van der Waals surface area (Å²) in [5.41, 5.74) is 3.77. The molecular formula is C15H24N2O2. The van der Waals surface area contributed by atoms with Gasteiger partial charge in [0.05, 0.1) is 25.9 Å². The first kappa shape index (κ1) is 14.3. The molecule has 1 aliphatic heterocycles. The molecule has 0 bridgehead atoms. The van der Waals surface area contributed by atoms with Crippen molar-refractivity contribution in [1.29, 1.82) is 0 Å². The van der Waals surface area contributed by atoms with Crippen LogP contribution in [0.2, 0.25) is 0 Å². The highest BCUT2D eigenvalue weighted by Crippen LogP contribution is 2.25. The highest BCUT2D eigenvalue weighted by molar-refractivity contribution is 5.55. The second-order valence-corrected chi connectivity index (χ2v) is 5.01. The number of hydrogen-bond acceptors (Lipinski definition) is 4. The molecule has 0 spiro atoms. The van der Waals surface area contributed by atoms with Crippen molar-refractivity contribution in [2.45, 2.75) is 26.4 Å². The summed E-state index contributed by atoms with van der Waals surface area (Å²) in [7, 11) is 0. The predicted octanol–water partition coefficient (Wildman–Crippen LogP) is 1.30. The highest BCUT2D eigenvalue weighted by atomic mass is 16.5. The molecule has 1 saturated heterocycles. The average molecular weight is 264 g/mol. The van der Waals surface area contributed by atoms with Crippen LogP contribution in [0.1, 0.15) is 18.1 Å². The van der Waals surface area contributed by atoms with Gasteiger partial charge in [-0.2, -0.15) is 0 Å². The summed E-state index contributed by atoms with van der Waals surface area (Å²) in [6, 6.07) is 6.62. The first-order chi connectivity index (χ1) is 9.26. The molecule has 2 N–H and O–H groups in total. The van der Waals surface area contributed by atoms with Gasteiger partial charge in [-0.05, 0) is 30.7 Å². The third-order valence-corrected chi connectivity index (χ3v) is 3.59. The molecule has 1 atom stereocenters. The fourth-order valence-electron chi connectivity index (χ4n) is 2.54. The third-order valence-electron chi connectivity index (χ3n) is 3.59. The van der Waals surface area contributed by atoms with Crippen LogP contribution in [0.15, 0.2) is 18.2 Å². The molecule has 4 nitrogen and oxygen atoms in total. The quantitative estimate of drug-likeness (QED) is 0.841. The van der Waals surface area contributed by atoms with E-state index in [-0.39, 0.29) is 12.6 Å². The SMILES string of the molecule is CCNCc1ccc(N2CCOCC2CO)c(C)c1. The Morgan fingerprint density at radius 3 is 3.00 bits per heavy atom. The van der Waals surface area contributed by atoms with Crippen molar-refractivity contribution in [2.75, 3.05) is 37.8 Å². The second-order valence-electron chi connectivity index (χ2n) is 5.01. The van der Waals surface area contributed by atoms with Crippen LogP contribution in [0, 0.1) is 6.92 Å². The lowest BCUT2D eigenvalue weighted by Crippen LogP contribution is -2.48. The Labute approximate surface area is 115 Å². The number of hydrogen-bond donors (Lipinski definition) is 2. The van der Waals surface area contributed by atoms with E-state index in [1.807, 2.05) is 0 Å². The molecule has 1 heterocycles. The molecule has 19 heavy (non-hydrogen) atoms. The minimum atomic E-state index is 0.0760. The molecular weight excluding hydrogens is 240 g/mol. The largest absolute Gasteiger partial charge is 0.394 e. The number of morpholine rings is 1. The topological polar surface area (TPSA) is 44.7 Å². The standard InChI is InChI=1S/C15H24N2O2/c1-3-16-9-13-4-5-15(12(2)8-13)17-6-7-19-11-14(17)10-18/h4-5,8,14,16,18H,3,6-7,9-11H2,1-2H3. The van der Waals surface area contributed by atoms with E-state index in [2.05, 4.69) is 42.3 Å². The lowest BCUT2D eigenvalue weighted by Gasteiger charge is -2.37. The molecule has 1 aliphatic rings. The zero-order valence-corrected chi connectivity index (χ0v) is 11.9. The molecule has 4 heteroatoms. The van der Waals surface area contributed by atoms with E-state index in [0.29, 0.717) is 6.61 Å². The van der Waals surface area contributed by atoms with Gasteiger partial charge in [0.1, 0.15) is 0 Å². The molecule has 2 rings (SSSR count). The van der Waals surface area contributed by atoms with Crippen molar-refractivity contribution in [3.05, 3.63) is 29.3 Å². The number of nitrogens with one attached hydrogen (secondary N) is 1. The van der Waals surface area contributed by atoms with Crippen LogP contribution in [0.3, 0.4) is 0 Å². The van der Waals surface area contributed by atoms with Gasteiger partial charge in [-0.25, -0.2) is 0 Å². The lowest BCUT2D eigenvalue weighted by atomic mass is 10.1. The monoisotopic (exact) mass is 264 g/mol. The summed E-state index contributed by atoms with van der Waals surface area (Å²) < 4.78 is 5.43. The van der Waals surface area contributed by atoms with Crippen molar-refractivity contribution in [1.82, 2.24) is 5.32 Å². The maximum absolute atomic E-state index is 9.45. The van der Waals surface area contributed by atoms with Gasteiger partial charge in [0.25, 0.3) is 0 Å². The van der Waals surface area contributed by atoms with Gasteiger partial charge in [-0.3, -0.25) is 0 Å². The number of aryl methyl sites for hydroxylation is 1. The van der Waals surface area contributed by atoms with Gasteiger partial charge in [0.2, 0.25) is 0 Å². The predicted molar refractivity (Wildman–Crippen MR) is 77.6 cm³/mol. The van der Waals surface area contributed by atoms with E-state index < -0.39 is 0 Å². The number of aliphatic hydroxyl groups is 1. The molecule has 1 fully saturated rings. The molecule has 1 aromatic rings. The number of ether oxygens (including phenoxy) is 1. The lowest BCUT2D eigenvalue weighted by molar-refractivity contribution is 0.0726. The van der Waals surface area contributed by atoms with Crippen molar-refractivity contribution < 1.29 is 9.84 Å². The van der Waals surface area contributed by atoms with Gasteiger partial charge in [-0.15, -0.1) is 0 Å². The minimum Gasteiger partial charge on any atom is -0.394 e. The van der Waals surface area contributed by atoms with Crippen molar-refractivity contribution in [3.63, 3.8) is 0 Å². The Morgan fingerprint density at radius 2 is 2.32 bits per heavy atom. The number of benzene rings is 1. The zero-order valence-electron chi connectivity index (χ0n) is 11.9. The summed E-state index contributed by atoms with van der Waals surface area (Å²) >= 11 is 0. The molecule has 106 valence electrons. The Hall–Kier alpha value is -1.10. The normalized spacial score (nSPS) is 19.7. The number of anilines is 1. The van der Waals surface area contributed by atoms with Crippen LogP contribution in [0.4, 0.5) is 5.69 Å². The van der Waals surface area contributed by atoms with Gasteiger partial charge in [0, 0.05) is 18.8 Å².